The lowest BCUT2D eigenvalue weighted by molar-refractivity contribution is 0.0600. The van der Waals surface area contributed by atoms with Gasteiger partial charge in [0, 0.05) is 37.6 Å². The van der Waals surface area contributed by atoms with Crippen molar-refractivity contribution in [3.05, 3.63) is 59.2 Å². The Kier molecular flexibility index (Phi) is 5.54. The van der Waals surface area contributed by atoms with Gasteiger partial charge in [-0.25, -0.2) is 17.6 Å². The number of benzene rings is 1. The Balaban J connectivity index is 2.09. The third-order valence-corrected chi connectivity index (χ3v) is 6.60. The number of hydrogen-bond acceptors (Lipinski definition) is 6. The topological polar surface area (TPSA) is 88.6 Å². The minimum atomic E-state index is -4.06. The zero-order valence-corrected chi connectivity index (χ0v) is 15.8. The molecule has 9 heteroatoms. The molecule has 27 heavy (non-hydrogen) atoms. The summed E-state index contributed by atoms with van der Waals surface area (Å²) < 4.78 is 47.0. The van der Waals surface area contributed by atoms with Crippen LogP contribution in [0.4, 0.5) is 4.39 Å². The Labute approximate surface area is 157 Å². The summed E-state index contributed by atoms with van der Waals surface area (Å²) in [5.74, 6) is -1.57. The predicted molar refractivity (Wildman–Crippen MR) is 96.2 cm³/mol. The number of sulfonamides is 1. The molecule has 2 heterocycles. The number of carbonyl (C=O) groups excluding carboxylic acids is 1. The first-order valence-corrected chi connectivity index (χ1v) is 9.81. The van der Waals surface area contributed by atoms with Gasteiger partial charge in [0.2, 0.25) is 10.0 Å². The zero-order chi connectivity index (χ0) is 19.6. The molecule has 0 saturated carbocycles. The van der Waals surface area contributed by atoms with Crippen molar-refractivity contribution >= 4 is 16.0 Å². The lowest BCUT2D eigenvalue weighted by Crippen LogP contribution is -2.48. The van der Waals surface area contributed by atoms with Gasteiger partial charge < -0.3 is 10.1 Å². The molecule has 3 rings (SSSR count). The lowest BCUT2D eigenvalue weighted by atomic mass is 10.1. The second-order valence-corrected chi connectivity index (χ2v) is 8.05. The first-order valence-electron chi connectivity index (χ1n) is 8.37. The molecular weight excluding hydrogens is 373 g/mol. The van der Waals surface area contributed by atoms with Crippen molar-refractivity contribution in [3.8, 4) is 0 Å². The zero-order valence-electron chi connectivity index (χ0n) is 15.0. The second kappa shape index (κ2) is 7.71. The van der Waals surface area contributed by atoms with E-state index in [0.29, 0.717) is 13.1 Å². The van der Waals surface area contributed by atoms with Crippen LogP contribution in [-0.2, 0) is 14.8 Å². The molecule has 1 aliphatic heterocycles. The molecule has 7 nitrogen and oxygen atoms in total. The maximum atomic E-state index is 14.3. The number of ether oxygens (including phenoxy) is 1. The van der Waals surface area contributed by atoms with Crippen LogP contribution in [0.3, 0.4) is 0 Å². The third kappa shape index (κ3) is 3.71. The van der Waals surface area contributed by atoms with Gasteiger partial charge in [0.05, 0.1) is 23.6 Å². The summed E-state index contributed by atoms with van der Waals surface area (Å²) in [7, 11) is -2.90. The maximum Gasteiger partial charge on any atom is 0.337 e. The summed E-state index contributed by atoms with van der Waals surface area (Å²) in [5, 5.41) is 3.17. The Morgan fingerprint density at radius 1 is 1.41 bits per heavy atom. The average molecular weight is 393 g/mol. The van der Waals surface area contributed by atoms with Gasteiger partial charge in [-0.05, 0) is 30.7 Å². The highest BCUT2D eigenvalue weighted by Crippen LogP contribution is 2.31. The molecule has 0 amide bonds. The third-order valence-electron chi connectivity index (χ3n) is 4.57. The molecule has 1 N–H and O–H groups in total. The normalized spacial score (nSPS) is 18.3. The van der Waals surface area contributed by atoms with Crippen molar-refractivity contribution in [1.29, 1.82) is 0 Å². The monoisotopic (exact) mass is 393 g/mol. The van der Waals surface area contributed by atoms with E-state index in [-0.39, 0.29) is 22.6 Å². The van der Waals surface area contributed by atoms with E-state index in [4.69, 9.17) is 0 Å². The summed E-state index contributed by atoms with van der Waals surface area (Å²) in [6.45, 7) is 2.47. The number of hydrogen-bond donors (Lipinski definition) is 1. The Morgan fingerprint density at radius 2 is 2.19 bits per heavy atom. The molecule has 1 aromatic carbocycles. The van der Waals surface area contributed by atoms with Crippen molar-refractivity contribution in [2.45, 2.75) is 17.9 Å². The Morgan fingerprint density at radius 3 is 2.85 bits per heavy atom. The number of halogens is 1. The molecule has 1 fully saturated rings. The van der Waals surface area contributed by atoms with Gasteiger partial charge in [-0.3, -0.25) is 4.98 Å². The number of aromatic nitrogens is 1. The highest BCUT2D eigenvalue weighted by molar-refractivity contribution is 7.89. The number of pyridine rings is 1. The summed E-state index contributed by atoms with van der Waals surface area (Å²) in [6.07, 6.45) is 3.22. The van der Waals surface area contributed by atoms with Crippen LogP contribution in [0.25, 0.3) is 0 Å². The van der Waals surface area contributed by atoms with Crippen LogP contribution in [0.5, 0.6) is 0 Å². The van der Waals surface area contributed by atoms with Crippen LogP contribution in [-0.4, -0.2) is 50.4 Å². The fourth-order valence-corrected chi connectivity index (χ4v) is 4.99. The molecule has 0 radical (unpaired) electrons. The molecule has 0 spiro atoms. The number of esters is 1. The molecule has 1 saturated heterocycles. The van der Waals surface area contributed by atoms with E-state index in [0.717, 1.165) is 18.7 Å². The number of nitrogens with one attached hydrogen (secondary N) is 1. The smallest absolute Gasteiger partial charge is 0.337 e. The molecular formula is C18H20FN3O4S. The van der Waals surface area contributed by atoms with Crippen molar-refractivity contribution in [2.24, 2.45) is 0 Å². The fraction of sp³-hybridized carbons (Fsp3) is 0.333. The molecule has 1 aliphatic rings. The standard InChI is InChI=1S/C18H20FN3O4S/c1-12-15(19)8-14(18(23)26-2)9-17(12)27(24,25)22-7-6-21-11-16(22)13-4-3-5-20-10-13/h3-5,8-10,16,21H,6-7,11H2,1-2H3. The molecule has 2 aromatic rings. The molecule has 0 aliphatic carbocycles. The summed E-state index contributed by atoms with van der Waals surface area (Å²) in [4.78, 5) is 15.6. The molecule has 1 unspecified atom stereocenters. The quantitative estimate of drug-likeness (QED) is 0.795. The van der Waals surface area contributed by atoms with Gasteiger partial charge in [0.1, 0.15) is 5.82 Å². The van der Waals surface area contributed by atoms with Crippen LogP contribution in [0, 0.1) is 12.7 Å². The first-order chi connectivity index (χ1) is 12.9. The Bertz CT molecular complexity index is 951. The van der Waals surface area contributed by atoms with Crippen molar-refractivity contribution in [2.75, 3.05) is 26.7 Å². The van der Waals surface area contributed by atoms with Crippen LogP contribution in [0.15, 0.2) is 41.6 Å². The summed E-state index contributed by atoms with van der Waals surface area (Å²) >= 11 is 0. The second-order valence-electron chi connectivity index (χ2n) is 6.19. The van der Waals surface area contributed by atoms with Crippen molar-refractivity contribution in [3.63, 3.8) is 0 Å². The highest BCUT2D eigenvalue weighted by atomic mass is 32.2. The molecule has 1 atom stereocenters. The van der Waals surface area contributed by atoms with E-state index in [2.05, 4.69) is 15.0 Å². The van der Waals surface area contributed by atoms with E-state index in [1.807, 2.05) is 0 Å². The fourth-order valence-electron chi connectivity index (χ4n) is 3.11. The average Bonchev–Trinajstić information content (AvgIpc) is 2.69. The van der Waals surface area contributed by atoms with Gasteiger partial charge in [-0.15, -0.1) is 0 Å². The molecule has 144 valence electrons. The van der Waals surface area contributed by atoms with Gasteiger partial charge in [0.25, 0.3) is 0 Å². The van der Waals surface area contributed by atoms with Gasteiger partial charge in [-0.2, -0.15) is 4.31 Å². The van der Waals surface area contributed by atoms with E-state index < -0.39 is 27.9 Å². The Hall–Kier alpha value is -2.36. The summed E-state index contributed by atoms with van der Waals surface area (Å²) in [5.41, 5.74) is 0.550. The molecule has 1 aromatic heterocycles. The summed E-state index contributed by atoms with van der Waals surface area (Å²) in [6, 6.07) is 5.20. The minimum absolute atomic E-state index is 0.0360. The van der Waals surface area contributed by atoms with Crippen LogP contribution in [0.1, 0.15) is 27.5 Å². The number of piperazine rings is 1. The number of methoxy groups -OCH3 is 1. The van der Waals surface area contributed by atoms with E-state index >= 15 is 0 Å². The number of rotatable bonds is 4. The van der Waals surface area contributed by atoms with Crippen LogP contribution >= 0.6 is 0 Å². The van der Waals surface area contributed by atoms with Crippen molar-refractivity contribution < 1.29 is 22.3 Å². The number of nitrogens with zero attached hydrogens (tertiary/aromatic N) is 2. The first kappa shape index (κ1) is 19.4. The number of carbonyl (C=O) groups is 1. The van der Waals surface area contributed by atoms with Gasteiger partial charge >= 0.3 is 5.97 Å². The largest absolute Gasteiger partial charge is 0.465 e. The van der Waals surface area contributed by atoms with E-state index in [9.17, 15) is 17.6 Å². The highest BCUT2D eigenvalue weighted by Gasteiger charge is 2.36. The molecule has 0 bridgehead atoms. The maximum absolute atomic E-state index is 14.3. The van der Waals surface area contributed by atoms with Crippen LogP contribution in [0.2, 0.25) is 0 Å². The van der Waals surface area contributed by atoms with E-state index in [1.54, 1.807) is 24.5 Å². The van der Waals surface area contributed by atoms with E-state index in [1.165, 1.54) is 17.3 Å². The SMILES string of the molecule is COC(=O)c1cc(F)c(C)c(S(=O)(=O)N2CCNCC2c2cccnc2)c1. The minimum Gasteiger partial charge on any atom is -0.465 e. The van der Waals surface area contributed by atoms with Gasteiger partial charge in [-0.1, -0.05) is 6.07 Å². The lowest BCUT2D eigenvalue weighted by Gasteiger charge is -2.35. The van der Waals surface area contributed by atoms with Gasteiger partial charge in [0.15, 0.2) is 0 Å². The van der Waals surface area contributed by atoms with Crippen LogP contribution < -0.4 is 5.32 Å². The predicted octanol–water partition coefficient (Wildman–Crippen LogP) is 1.65. The van der Waals surface area contributed by atoms with Crippen molar-refractivity contribution in [1.82, 2.24) is 14.6 Å².